The maximum absolute atomic E-state index is 10.5. The number of anilines is 1. The molecule has 1 aromatic heterocycles. The Kier molecular flexibility index (Phi) is 3.23. The molecule has 14 heavy (non-hydrogen) atoms. The van der Waals surface area contributed by atoms with Gasteiger partial charge in [-0.05, 0) is 18.6 Å². The number of nitrogens with two attached hydrogens (primary N) is 2. The normalized spacial score (nSPS) is 10.6. The molecule has 0 aliphatic heterocycles. The number of nitrogens with zero attached hydrogens (tertiary/aromatic N) is 1. The van der Waals surface area contributed by atoms with Crippen molar-refractivity contribution in [3.8, 4) is 0 Å². The molecule has 0 fully saturated rings. The molecule has 1 aromatic rings. The Morgan fingerprint density at radius 1 is 1.64 bits per heavy atom. The van der Waals surface area contributed by atoms with Gasteiger partial charge in [0.15, 0.2) is 0 Å². The van der Waals surface area contributed by atoms with Gasteiger partial charge in [-0.15, -0.1) is 0 Å². The van der Waals surface area contributed by atoms with Crippen molar-refractivity contribution >= 4 is 17.8 Å². The van der Waals surface area contributed by atoms with Crippen molar-refractivity contribution < 1.29 is 4.79 Å². The third-order valence-electron chi connectivity index (χ3n) is 1.70. The number of hydrogen-bond acceptors (Lipinski definition) is 3. The zero-order chi connectivity index (χ0) is 10.6. The molecule has 74 valence electrons. The van der Waals surface area contributed by atoms with E-state index in [9.17, 15) is 4.79 Å². The van der Waals surface area contributed by atoms with E-state index in [2.05, 4.69) is 4.98 Å². The number of carbonyl (C=O) groups excluding carboxylic acids is 1. The van der Waals surface area contributed by atoms with Gasteiger partial charge < -0.3 is 11.5 Å². The number of aryl methyl sites for hydroxylation is 1. The van der Waals surface area contributed by atoms with Crippen LogP contribution < -0.4 is 11.5 Å². The first kappa shape index (κ1) is 10.2. The molecule has 0 radical (unpaired) electrons. The lowest BCUT2D eigenvalue weighted by molar-refractivity contribution is -0.117. The zero-order valence-electron chi connectivity index (χ0n) is 8.03. The average Bonchev–Trinajstić information content (AvgIpc) is 2.10. The van der Waals surface area contributed by atoms with Crippen molar-refractivity contribution in [2.45, 2.75) is 13.3 Å². The van der Waals surface area contributed by atoms with Gasteiger partial charge in [-0.1, -0.05) is 12.2 Å². The number of hydrogen-bond donors (Lipinski definition) is 2. The summed E-state index contributed by atoms with van der Waals surface area (Å²) in [6.07, 6.45) is 5.34. The van der Waals surface area contributed by atoms with Crippen molar-refractivity contribution in [1.82, 2.24) is 4.98 Å². The lowest BCUT2D eigenvalue weighted by atomic mass is 10.2. The third kappa shape index (κ3) is 2.90. The minimum absolute atomic E-state index is 0.216. The molecule has 1 rings (SSSR count). The van der Waals surface area contributed by atoms with Crippen LogP contribution in [0.1, 0.15) is 17.5 Å². The molecule has 4 N–H and O–H groups in total. The van der Waals surface area contributed by atoms with Gasteiger partial charge in [0.2, 0.25) is 5.91 Å². The number of aromatic nitrogens is 1. The predicted octanol–water partition coefficient (Wildman–Crippen LogP) is 0.861. The molecule has 0 saturated carbocycles. The molecule has 0 spiro atoms. The van der Waals surface area contributed by atoms with E-state index in [0.717, 1.165) is 11.1 Å². The summed E-state index contributed by atoms with van der Waals surface area (Å²) in [5, 5.41) is 0. The first-order valence-electron chi connectivity index (χ1n) is 4.26. The van der Waals surface area contributed by atoms with Crippen LogP contribution in [0.2, 0.25) is 0 Å². The molecule has 0 aliphatic carbocycles. The Morgan fingerprint density at radius 2 is 2.36 bits per heavy atom. The molecule has 0 atom stereocenters. The molecule has 0 bridgehead atoms. The van der Waals surface area contributed by atoms with Crippen molar-refractivity contribution in [3.05, 3.63) is 29.5 Å². The highest BCUT2D eigenvalue weighted by molar-refractivity contribution is 5.77. The van der Waals surface area contributed by atoms with Crippen LogP contribution in [0.15, 0.2) is 18.3 Å². The smallest absolute Gasteiger partial charge is 0.221 e. The average molecular weight is 191 g/mol. The van der Waals surface area contributed by atoms with E-state index in [1.165, 1.54) is 0 Å². The molecule has 0 aliphatic rings. The Morgan fingerprint density at radius 3 is 3.00 bits per heavy atom. The van der Waals surface area contributed by atoms with E-state index in [4.69, 9.17) is 11.5 Å². The molecular weight excluding hydrogens is 178 g/mol. The zero-order valence-corrected chi connectivity index (χ0v) is 8.03. The number of carbonyl (C=O) groups is 1. The van der Waals surface area contributed by atoms with Crippen molar-refractivity contribution in [2.75, 3.05) is 5.73 Å². The minimum atomic E-state index is -0.361. The van der Waals surface area contributed by atoms with Gasteiger partial charge in [0, 0.05) is 18.2 Å². The monoisotopic (exact) mass is 191 g/mol. The van der Waals surface area contributed by atoms with Gasteiger partial charge in [-0.3, -0.25) is 4.79 Å². The molecular formula is C10H13N3O. The van der Waals surface area contributed by atoms with Crippen LogP contribution in [0, 0.1) is 6.92 Å². The van der Waals surface area contributed by atoms with E-state index in [1.807, 2.05) is 13.0 Å². The molecule has 1 amide bonds. The number of pyridine rings is 1. The lowest BCUT2D eigenvalue weighted by Gasteiger charge is -1.99. The van der Waals surface area contributed by atoms with Crippen LogP contribution in [-0.2, 0) is 4.79 Å². The summed E-state index contributed by atoms with van der Waals surface area (Å²) in [6.45, 7) is 1.93. The van der Waals surface area contributed by atoms with Crippen molar-refractivity contribution in [3.63, 3.8) is 0 Å². The summed E-state index contributed by atoms with van der Waals surface area (Å²) in [6, 6.07) is 1.90. The number of amides is 1. The molecule has 4 heteroatoms. The van der Waals surface area contributed by atoms with Crippen LogP contribution >= 0.6 is 0 Å². The van der Waals surface area contributed by atoms with Crippen LogP contribution in [0.5, 0.6) is 0 Å². The van der Waals surface area contributed by atoms with Crippen molar-refractivity contribution in [2.24, 2.45) is 5.73 Å². The van der Waals surface area contributed by atoms with E-state index in [0.29, 0.717) is 5.82 Å². The Balaban J connectivity index is 2.80. The second-order valence-electron chi connectivity index (χ2n) is 3.06. The van der Waals surface area contributed by atoms with Gasteiger partial charge in [-0.2, -0.15) is 0 Å². The summed E-state index contributed by atoms with van der Waals surface area (Å²) in [7, 11) is 0. The molecule has 1 heterocycles. The Bertz CT molecular complexity index is 372. The standard InChI is InChI=1S/C10H13N3O/c1-7-5-8(10(12)13-6-7)3-2-4-9(11)14/h2-3,5-6H,4H2,1H3,(H2,11,14)(H2,12,13). The summed E-state index contributed by atoms with van der Waals surface area (Å²) in [5.41, 5.74) is 12.5. The van der Waals surface area contributed by atoms with Crippen LogP contribution in [-0.4, -0.2) is 10.9 Å². The fraction of sp³-hybridized carbons (Fsp3) is 0.200. The van der Waals surface area contributed by atoms with Crippen molar-refractivity contribution in [1.29, 1.82) is 0 Å². The van der Waals surface area contributed by atoms with Gasteiger partial charge in [0.1, 0.15) is 5.82 Å². The summed E-state index contributed by atoms with van der Waals surface area (Å²) < 4.78 is 0. The summed E-state index contributed by atoms with van der Waals surface area (Å²) in [4.78, 5) is 14.5. The minimum Gasteiger partial charge on any atom is -0.383 e. The number of primary amides is 1. The van der Waals surface area contributed by atoms with Gasteiger partial charge in [0.05, 0.1) is 0 Å². The SMILES string of the molecule is Cc1cnc(N)c(C=CCC(N)=O)c1. The topological polar surface area (TPSA) is 82.0 Å². The molecule has 4 nitrogen and oxygen atoms in total. The fourth-order valence-electron chi connectivity index (χ4n) is 1.04. The first-order chi connectivity index (χ1) is 6.59. The highest BCUT2D eigenvalue weighted by Gasteiger charge is 1.96. The van der Waals surface area contributed by atoms with E-state index < -0.39 is 0 Å². The van der Waals surface area contributed by atoms with Crippen LogP contribution in [0.4, 0.5) is 5.82 Å². The van der Waals surface area contributed by atoms with Gasteiger partial charge in [0.25, 0.3) is 0 Å². The maximum Gasteiger partial charge on any atom is 0.221 e. The Labute approximate surface area is 82.6 Å². The maximum atomic E-state index is 10.5. The van der Waals surface area contributed by atoms with Gasteiger partial charge >= 0.3 is 0 Å². The summed E-state index contributed by atoms with van der Waals surface area (Å²) >= 11 is 0. The molecule has 0 saturated heterocycles. The molecule has 0 aromatic carbocycles. The highest BCUT2D eigenvalue weighted by Crippen LogP contribution is 2.12. The predicted molar refractivity (Wildman–Crippen MR) is 56.2 cm³/mol. The van der Waals surface area contributed by atoms with E-state index >= 15 is 0 Å². The number of nitrogen functional groups attached to an aromatic ring is 1. The Hall–Kier alpha value is -1.84. The second kappa shape index (κ2) is 4.41. The first-order valence-corrected chi connectivity index (χ1v) is 4.26. The highest BCUT2D eigenvalue weighted by atomic mass is 16.1. The van der Waals surface area contributed by atoms with Gasteiger partial charge in [-0.25, -0.2) is 4.98 Å². The van der Waals surface area contributed by atoms with Crippen LogP contribution in [0.25, 0.3) is 6.08 Å². The van der Waals surface area contributed by atoms with E-state index in [-0.39, 0.29) is 12.3 Å². The summed E-state index contributed by atoms with van der Waals surface area (Å²) in [5.74, 6) is 0.0942. The van der Waals surface area contributed by atoms with E-state index in [1.54, 1.807) is 18.3 Å². The number of rotatable bonds is 3. The quantitative estimate of drug-likeness (QED) is 0.743. The fourth-order valence-corrected chi connectivity index (χ4v) is 1.04. The third-order valence-corrected chi connectivity index (χ3v) is 1.70. The lowest BCUT2D eigenvalue weighted by Crippen LogP contribution is -2.07. The van der Waals surface area contributed by atoms with Crippen LogP contribution in [0.3, 0.4) is 0 Å². The molecule has 0 unspecified atom stereocenters. The largest absolute Gasteiger partial charge is 0.383 e. The second-order valence-corrected chi connectivity index (χ2v) is 3.06.